The number of anilines is 3. The van der Waals surface area contributed by atoms with Crippen molar-refractivity contribution in [1.29, 1.82) is 0 Å². The molecule has 220 valence electrons. The molecule has 0 N–H and O–H groups in total. The van der Waals surface area contributed by atoms with Gasteiger partial charge < -0.3 is 9.32 Å². The second-order valence-corrected chi connectivity index (χ2v) is 13.2. The van der Waals surface area contributed by atoms with E-state index >= 15 is 0 Å². The van der Waals surface area contributed by atoms with Crippen LogP contribution >= 0.6 is 11.3 Å². The van der Waals surface area contributed by atoms with Crippen molar-refractivity contribution >= 4 is 92.1 Å². The summed E-state index contributed by atoms with van der Waals surface area (Å²) >= 11 is 1.86. The number of para-hydroxylation sites is 2. The molecule has 0 aliphatic heterocycles. The molecule has 2 nitrogen and oxygen atoms in total. The molecule has 0 fully saturated rings. The first-order chi connectivity index (χ1) is 23.3. The third-order valence-electron chi connectivity index (χ3n) is 9.45. The van der Waals surface area contributed by atoms with E-state index in [1.165, 1.54) is 52.8 Å². The Morgan fingerprint density at radius 2 is 1.06 bits per heavy atom. The highest BCUT2D eigenvalue weighted by molar-refractivity contribution is 7.25. The Kier molecular flexibility index (Phi) is 5.78. The van der Waals surface area contributed by atoms with Gasteiger partial charge in [-0.1, -0.05) is 115 Å². The molecular formula is C44H27NOS. The smallest absolute Gasteiger partial charge is 0.159 e. The first-order valence-corrected chi connectivity index (χ1v) is 16.7. The number of hydrogen-bond donors (Lipinski definition) is 0. The van der Waals surface area contributed by atoms with Crippen LogP contribution in [0.25, 0.3) is 74.8 Å². The van der Waals surface area contributed by atoms with Gasteiger partial charge in [0.05, 0.1) is 5.69 Å². The van der Waals surface area contributed by atoms with Crippen LogP contribution in [0, 0.1) is 0 Å². The normalized spacial score (nSPS) is 11.8. The van der Waals surface area contributed by atoms with Gasteiger partial charge in [0.15, 0.2) is 5.58 Å². The highest BCUT2D eigenvalue weighted by atomic mass is 32.1. The Balaban J connectivity index is 1.16. The van der Waals surface area contributed by atoms with Gasteiger partial charge in [0, 0.05) is 42.3 Å². The minimum absolute atomic E-state index is 0.881. The molecular weight excluding hydrogens is 591 g/mol. The summed E-state index contributed by atoms with van der Waals surface area (Å²) in [7, 11) is 0. The summed E-state index contributed by atoms with van der Waals surface area (Å²) in [5.74, 6) is 0. The van der Waals surface area contributed by atoms with Gasteiger partial charge in [-0.15, -0.1) is 11.3 Å². The fraction of sp³-hybridized carbons (Fsp3) is 0. The second-order valence-electron chi connectivity index (χ2n) is 12.1. The lowest BCUT2D eigenvalue weighted by Crippen LogP contribution is -2.10. The molecule has 3 heteroatoms. The Bertz CT molecular complexity index is 2810. The van der Waals surface area contributed by atoms with Crippen molar-refractivity contribution in [1.82, 2.24) is 0 Å². The molecule has 0 atom stereocenters. The van der Waals surface area contributed by atoms with Crippen LogP contribution in [0.5, 0.6) is 0 Å². The van der Waals surface area contributed by atoms with E-state index in [0.717, 1.165) is 39.0 Å². The zero-order valence-electron chi connectivity index (χ0n) is 25.4. The average molecular weight is 618 g/mol. The number of nitrogens with zero attached hydrogens (tertiary/aromatic N) is 1. The molecule has 10 aromatic rings. The number of rotatable bonds is 4. The summed E-state index contributed by atoms with van der Waals surface area (Å²) in [6, 6.07) is 59.1. The second kappa shape index (κ2) is 10.3. The number of fused-ring (bicyclic) bond motifs is 9. The standard InChI is InChI=1S/C44H27NOS/c1-2-9-34-29(8-1)16-17-30-20-24-33(27-39(30)34)45(40-13-7-12-38-35-10-3-5-14-41(35)46-44(38)40)32-22-18-28(19-23-32)31-21-25-37-36-11-4-6-15-42(36)47-43(37)26-31/h1-27H. The quantitative estimate of drug-likeness (QED) is 0.183. The molecule has 2 aromatic heterocycles. The van der Waals surface area contributed by atoms with Gasteiger partial charge in [-0.2, -0.15) is 0 Å². The number of thiophene rings is 1. The van der Waals surface area contributed by atoms with Crippen molar-refractivity contribution < 1.29 is 4.42 Å². The maximum atomic E-state index is 6.58. The Morgan fingerprint density at radius 3 is 1.96 bits per heavy atom. The fourth-order valence-corrected chi connectivity index (χ4v) is 8.32. The first kappa shape index (κ1) is 26.3. The fourth-order valence-electron chi connectivity index (χ4n) is 7.17. The van der Waals surface area contributed by atoms with Gasteiger partial charge in [0.25, 0.3) is 0 Å². The van der Waals surface area contributed by atoms with Gasteiger partial charge in [0.2, 0.25) is 0 Å². The Morgan fingerprint density at radius 1 is 0.404 bits per heavy atom. The lowest BCUT2D eigenvalue weighted by Gasteiger charge is -2.26. The lowest BCUT2D eigenvalue weighted by molar-refractivity contribution is 0.669. The van der Waals surface area contributed by atoms with Crippen molar-refractivity contribution in [2.24, 2.45) is 0 Å². The lowest BCUT2D eigenvalue weighted by atomic mass is 10.0. The number of hydrogen-bond acceptors (Lipinski definition) is 3. The largest absolute Gasteiger partial charge is 0.454 e. The van der Waals surface area contributed by atoms with Crippen LogP contribution in [0.3, 0.4) is 0 Å². The van der Waals surface area contributed by atoms with Gasteiger partial charge in [-0.05, 0) is 81.2 Å². The van der Waals surface area contributed by atoms with E-state index in [2.05, 4.69) is 157 Å². The maximum Gasteiger partial charge on any atom is 0.159 e. The molecule has 0 saturated heterocycles. The van der Waals surface area contributed by atoms with E-state index in [4.69, 9.17) is 4.42 Å². The third-order valence-corrected chi connectivity index (χ3v) is 10.6. The van der Waals surface area contributed by atoms with Crippen molar-refractivity contribution in [3.63, 3.8) is 0 Å². The van der Waals surface area contributed by atoms with E-state index in [0.29, 0.717) is 0 Å². The van der Waals surface area contributed by atoms with E-state index in [9.17, 15) is 0 Å². The summed E-state index contributed by atoms with van der Waals surface area (Å²) in [6.07, 6.45) is 0. The highest BCUT2D eigenvalue weighted by Crippen LogP contribution is 2.44. The van der Waals surface area contributed by atoms with Gasteiger partial charge in [-0.25, -0.2) is 0 Å². The predicted molar refractivity (Wildman–Crippen MR) is 202 cm³/mol. The molecule has 2 heterocycles. The third kappa shape index (κ3) is 4.17. The average Bonchev–Trinajstić information content (AvgIpc) is 3.70. The molecule has 0 spiro atoms. The van der Waals surface area contributed by atoms with E-state index in [1.807, 2.05) is 23.5 Å². The van der Waals surface area contributed by atoms with Crippen LogP contribution < -0.4 is 4.90 Å². The monoisotopic (exact) mass is 617 g/mol. The molecule has 10 rings (SSSR count). The first-order valence-electron chi connectivity index (χ1n) is 15.9. The molecule has 0 unspecified atom stereocenters. The van der Waals surface area contributed by atoms with E-state index in [1.54, 1.807) is 0 Å². The molecule has 47 heavy (non-hydrogen) atoms. The Labute approximate surface area is 275 Å². The topological polar surface area (TPSA) is 16.4 Å². The van der Waals surface area contributed by atoms with Crippen LogP contribution in [-0.4, -0.2) is 0 Å². The maximum absolute atomic E-state index is 6.58. The van der Waals surface area contributed by atoms with Gasteiger partial charge in [-0.3, -0.25) is 0 Å². The summed E-state index contributed by atoms with van der Waals surface area (Å²) < 4.78 is 9.23. The summed E-state index contributed by atoms with van der Waals surface area (Å²) in [4.78, 5) is 2.34. The van der Waals surface area contributed by atoms with Crippen LogP contribution in [0.15, 0.2) is 168 Å². The zero-order chi connectivity index (χ0) is 30.9. The van der Waals surface area contributed by atoms with Gasteiger partial charge >= 0.3 is 0 Å². The zero-order valence-corrected chi connectivity index (χ0v) is 26.2. The molecule has 0 bridgehead atoms. The van der Waals surface area contributed by atoms with Crippen molar-refractivity contribution in [3.05, 3.63) is 164 Å². The van der Waals surface area contributed by atoms with Crippen LogP contribution in [0.1, 0.15) is 0 Å². The predicted octanol–water partition coefficient (Wildman–Crippen LogP) is 13.4. The Hall–Kier alpha value is -5.90. The highest BCUT2D eigenvalue weighted by Gasteiger charge is 2.20. The van der Waals surface area contributed by atoms with Gasteiger partial charge in [0.1, 0.15) is 5.58 Å². The molecule has 0 aliphatic carbocycles. The van der Waals surface area contributed by atoms with Crippen LogP contribution in [0.4, 0.5) is 17.1 Å². The van der Waals surface area contributed by atoms with Crippen LogP contribution in [0.2, 0.25) is 0 Å². The minimum Gasteiger partial charge on any atom is -0.454 e. The molecule has 0 radical (unpaired) electrons. The molecule has 8 aromatic carbocycles. The number of furan rings is 1. The summed E-state index contributed by atoms with van der Waals surface area (Å²) in [5, 5.41) is 9.83. The molecule has 0 aliphatic rings. The van der Waals surface area contributed by atoms with Crippen molar-refractivity contribution in [3.8, 4) is 11.1 Å². The minimum atomic E-state index is 0.881. The SMILES string of the molecule is c1ccc2c(c1)ccc1ccc(N(c3ccc(-c4ccc5c(c4)sc4ccccc45)cc3)c3cccc4c3oc3ccccc34)cc12. The van der Waals surface area contributed by atoms with E-state index in [-0.39, 0.29) is 0 Å². The molecule has 0 saturated carbocycles. The van der Waals surface area contributed by atoms with E-state index < -0.39 is 0 Å². The summed E-state index contributed by atoms with van der Waals surface area (Å²) in [5.41, 5.74) is 7.36. The molecule has 0 amide bonds. The number of benzene rings is 8. The van der Waals surface area contributed by atoms with Crippen molar-refractivity contribution in [2.75, 3.05) is 4.90 Å². The summed E-state index contributed by atoms with van der Waals surface area (Å²) in [6.45, 7) is 0. The van der Waals surface area contributed by atoms with Crippen LogP contribution in [-0.2, 0) is 0 Å². The van der Waals surface area contributed by atoms with Crippen molar-refractivity contribution in [2.45, 2.75) is 0 Å².